The van der Waals surface area contributed by atoms with Crippen molar-refractivity contribution in [1.82, 2.24) is 4.57 Å². The van der Waals surface area contributed by atoms with Gasteiger partial charge in [0.1, 0.15) is 0 Å². The minimum absolute atomic E-state index is 0.208. The third-order valence-corrected chi connectivity index (χ3v) is 1.94. The van der Waals surface area contributed by atoms with E-state index in [9.17, 15) is 9.59 Å². The van der Waals surface area contributed by atoms with Crippen molar-refractivity contribution >= 4 is 17.4 Å². The first-order valence-corrected chi connectivity index (χ1v) is 3.76. The van der Waals surface area contributed by atoms with Crippen LogP contribution in [0.15, 0.2) is 24.4 Å². The summed E-state index contributed by atoms with van der Waals surface area (Å²) in [7, 11) is 1.29. The summed E-state index contributed by atoms with van der Waals surface area (Å²) in [5.41, 5.74) is 0.911. The van der Waals surface area contributed by atoms with Crippen LogP contribution in [0.2, 0.25) is 0 Å². The molecule has 0 saturated heterocycles. The van der Waals surface area contributed by atoms with Crippen LogP contribution in [0.4, 0.5) is 0 Å². The highest BCUT2D eigenvalue weighted by Crippen LogP contribution is 2.22. The van der Waals surface area contributed by atoms with Crippen LogP contribution >= 0.6 is 0 Å². The molecule has 4 heteroatoms. The smallest absolute Gasteiger partial charge is 0.340 e. The molecular weight excluding hydrogens is 170 g/mol. The van der Waals surface area contributed by atoms with E-state index in [0.29, 0.717) is 11.3 Å². The van der Waals surface area contributed by atoms with Crippen LogP contribution in [0.1, 0.15) is 10.5 Å². The molecule has 2 rings (SSSR count). The number of ether oxygens (including phenoxy) is 1. The number of fused-ring (bicyclic) bond motifs is 1. The molecule has 0 unspecified atom stereocenters. The molecule has 0 saturated carbocycles. The Kier molecular flexibility index (Phi) is 1.55. The lowest BCUT2D eigenvalue weighted by molar-refractivity contribution is -0.133. The summed E-state index contributed by atoms with van der Waals surface area (Å²) in [5.74, 6) is -0.689. The van der Waals surface area contributed by atoms with E-state index >= 15 is 0 Å². The highest BCUT2D eigenvalue weighted by atomic mass is 16.5. The van der Waals surface area contributed by atoms with Crippen LogP contribution in [0.5, 0.6) is 0 Å². The Balaban J connectivity index is 2.50. The molecule has 0 bridgehead atoms. The van der Waals surface area contributed by atoms with E-state index in [-0.39, 0.29) is 5.91 Å². The van der Waals surface area contributed by atoms with Gasteiger partial charge in [-0.2, -0.15) is 0 Å². The third-order valence-electron chi connectivity index (χ3n) is 1.94. The maximum atomic E-state index is 11.2. The maximum absolute atomic E-state index is 11.2. The molecule has 13 heavy (non-hydrogen) atoms. The molecule has 66 valence electrons. The molecule has 0 spiro atoms. The van der Waals surface area contributed by atoms with E-state index in [2.05, 4.69) is 4.74 Å². The Hall–Kier alpha value is -1.84. The average molecular weight is 177 g/mol. The van der Waals surface area contributed by atoms with Crippen molar-refractivity contribution in [1.29, 1.82) is 0 Å². The van der Waals surface area contributed by atoms with Crippen LogP contribution in [0, 0.1) is 0 Å². The largest absolute Gasteiger partial charge is 0.465 e. The van der Waals surface area contributed by atoms with Gasteiger partial charge < -0.3 is 4.74 Å². The van der Waals surface area contributed by atoms with Gasteiger partial charge in [0.05, 0.1) is 18.4 Å². The molecule has 1 aliphatic heterocycles. The Bertz CT molecular complexity index is 414. The van der Waals surface area contributed by atoms with Gasteiger partial charge in [-0.1, -0.05) is 0 Å². The lowest BCUT2D eigenvalue weighted by atomic mass is 10.2. The first-order chi connectivity index (χ1) is 6.24. The van der Waals surface area contributed by atoms with Crippen molar-refractivity contribution in [3.63, 3.8) is 0 Å². The monoisotopic (exact) mass is 177 g/mol. The second-order valence-electron chi connectivity index (χ2n) is 2.65. The number of hydrogen-bond acceptors (Lipinski definition) is 3. The second-order valence-corrected chi connectivity index (χ2v) is 2.65. The summed E-state index contributed by atoms with van der Waals surface area (Å²) in [4.78, 5) is 22.4. The number of nitrogens with zero attached hydrogens (tertiary/aromatic N) is 1. The van der Waals surface area contributed by atoms with Gasteiger partial charge in [-0.15, -0.1) is 0 Å². The molecule has 2 heterocycles. The Labute approximate surface area is 74.4 Å². The highest BCUT2D eigenvalue weighted by molar-refractivity contribution is 6.24. The zero-order valence-corrected chi connectivity index (χ0v) is 6.98. The number of rotatable bonds is 1. The van der Waals surface area contributed by atoms with E-state index in [1.54, 1.807) is 18.3 Å². The fraction of sp³-hybridized carbons (Fsp3) is 0.111. The molecule has 0 amide bonds. The number of esters is 1. The zero-order valence-electron chi connectivity index (χ0n) is 6.98. The Morgan fingerprint density at radius 1 is 1.54 bits per heavy atom. The topological polar surface area (TPSA) is 48.3 Å². The molecule has 0 aliphatic carbocycles. The van der Waals surface area contributed by atoms with E-state index in [0.717, 1.165) is 0 Å². The number of carbonyl (C=O) groups excluding carboxylic acids is 2. The first-order valence-electron chi connectivity index (χ1n) is 3.76. The summed E-state index contributed by atoms with van der Waals surface area (Å²) >= 11 is 0. The zero-order chi connectivity index (χ0) is 9.42. The number of allylic oxidation sites excluding steroid dienone is 1. The molecule has 0 fully saturated rings. The highest BCUT2D eigenvalue weighted by Gasteiger charge is 2.25. The van der Waals surface area contributed by atoms with Crippen molar-refractivity contribution in [3.05, 3.63) is 30.1 Å². The molecule has 1 aliphatic rings. The maximum Gasteiger partial charge on any atom is 0.340 e. The Morgan fingerprint density at radius 2 is 2.31 bits per heavy atom. The Morgan fingerprint density at radius 3 is 3.00 bits per heavy atom. The summed E-state index contributed by atoms with van der Waals surface area (Å²) in [6.07, 6.45) is 2.89. The third kappa shape index (κ3) is 0.989. The minimum atomic E-state index is -0.481. The molecule has 0 radical (unpaired) electrons. The molecule has 0 atom stereocenters. The number of methoxy groups -OCH3 is 1. The fourth-order valence-corrected chi connectivity index (χ4v) is 1.33. The van der Waals surface area contributed by atoms with Gasteiger partial charge in [0, 0.05) is 12.3 Å². The SMILES string of the molecule is COC(=O)C1=CC(=O)n2cccc21. The van der Waals surface area contributed by atoms with E-state index in [1.165, 1.54) is 17.8 Å². The molecule has 1 aromatic rings. The van der Waals surface area contributed by atoms with Crippen molar-refractivity contribution in [3.8, 4) is 0 Å². The number of carbonyl (C=O) groups is 2. The summed E-state index contributed by atoms with van der Waals surface area (Å²) in [5, 5.41) is 0. The van der Waals surface area contributed by atoms with Crippen LogP contribution in [0.3, 0.4) is 0 Å². The average Bonchev–Trinajstić information content (AvgIpc) is 2.68. The first kappa shape index (κ1) is 7.79. The molecular formula is C9H7NO3. The fourth-order valence-electron chi connectivity index (χ4n) is 1.33. The summed E-state index contributed by atoms with van der Waals surface area (Å²) in [6, 6.07) is 3.41. The van der Waals surface area contributed by atoms with Gasteiger partial charge in [0.25, 0.3) is 5.91 Å². The summed E-state index contributed by atoms with van der Waals surface area (Å²) in [6.45, 7) is 0. The van der Waals surface area contributed by atoms with Crippen LogP contribution in [0.25, 0.3) is 5.57 Å². The van der Waals surface area contributed by atoms with Gasteiger partial charge in [-0.05, 0) is 12.1 Å². The predicted molar refractivity (Wildman–Crippen MR) is 45.1 cm³/mol. The standard InChI is InChI=1S/C9H7NO3/c1-13-9(12)6-5-8(11)10-4-2-3-7(6)10/h2-5H,1H3. The molecule has 1 aromatic heterocycles. The molecule has 4 nitrogen and oxygen atoms in total. The van der Waals surface area contributed by atoms with Crippen molar-refractivity contribution in [2.24, 2.45) is 0 Å². The van der Waals surface area contributed by atoms with Gasteiger partial charge in [-0.25, -0.2) is 4.79 Å². The quantitative estimate of drug-likeness (QED) is 0.593. The lowest BCUT2D eigenvalue weighted by Gasteiger charge is -1.98. The van der Waals surface area contributed by atoms with Gasteiger partial charge in [0.15, 0.2) is 0 Å². The van der Waals surface area contributed by atoms with Crippen molar-refractivity contribution in [2.75, 3.05) is 7.11 Å². The normalized spacial score (nSPS) is 13.9. The van der Waals surface area contributed by atoms with E-state index in [4.69, 9.17) is 0 Å². The van der Waals surface area contributed by atoms with Gasteiger partial charge >= 0.3 is 5.97 Å². The van der Waals surface area contributed by atoms with Crippen molar-refractivity contribution < 1.29 is 14.3 Å². The minimum Gasteiger partial charge on any atom is -0.465 e. The van der Waals surface area contributed by atoms with Crippen molar-refractivity contribution in [2.45, 2.75) is 0 Å². The second kappa shape index (κ2) is 2.58. The molecule has 0 aromatic carbocycles. The van der Waals surface area contributed by atoms with Crippen LogP contribution < -0.4 is 0 Å². The van der Waals surface area contributed by atoms with Gasteiger partial charge in [-0.3, -0.25) is 9.36 Å². The van der Waals surface area contributed by atoms with E-state index < -0.39 is 5.97 Å². The van der Waals surface area contributed by atoms with Crippen LogP contribution in [-0.2, 0) is 9.53 Å². The lowest BCUT2D eigenvalue weighted by Crippen LogP contribution is -2.03. The van der Waals surface area contributed by atoms with Crippen LogP contribution in [-0.4, -0.2) is 23.6 Å². The number of aromatic nitrogens is 1. The van der Waals surface area contributed by atoms with Gasteiger partial charge in [0.2, 0.25) is 0 Å². The van der Waals surface area contributed by atoms with E-state index in [1.807, 2.05) is 0 Å². The number of hydrogen-bond donors (Lipinski definition) is 0. The predicted octanol–water partition coefficient (Wildman–Crippen LogP) is 0.698. The summed E-state index contributed by atoms with van der Waals surface area (Å²) < 4.78 is 5.94. The molecule has 0 N–H and O–H groups in total.